The van der Waals surface area contributed by atoms with Gasteiger partial charge in [0, 0.05) is 29.8 Å². The third kappa shape index (κ3) is 5.83. The number of nitrogens with one attached hydrogen (secondary N) is 1. The van der Waals surface area contributed by atoms with E-state index >= 15 is 0 Å². The molecule has 5 rings (SSSR count). The zero-order valence-corrected chi connectivity index (χ0v) is 21.7. The summed E-state index contributed by atoms with van der Waals surface area (Å²) < 4.78 is 41.2. The third-order valence-electron chi connectivity index (χ3n) is 6.16. The minimum absolute atomic E-state index is 0.105. The molecule has 2 aromatic heterocycles. The first-order chi connectivity index (χ1) is 18.4. The minimum atomic E-state index is -3.50. The van der Waals surface area contributed by atoms with E-state index in [1.54, 1.807) is 25.4 Å². The van der Waals surface area contributed by atoms with Crippen LogP contribution in [0.5, 0.6) is 5.75 Å². The number of carbonyl (C=O) groups is 1. The number of sulfone groups is 1. The first kappa shape index (κ1) is 25.8. The molecule has 10 heteroatoms. The predicted molar refractivity (Wildman–Crippen MR) is 142 cm³/mol. The molecule has 1 aliphatic rings. The van der Waals surface area contributed by atoms with Gasteiger partial charge in [0.05, 0.1) is 53.9 Å². The van der Waals surface area contributed by atoms with Gasteiger partial charge in [0.1, 0.15) is 12.4 Å². The van der Waals surface area contributed by atoms with Crippen molar-refractivity contribution in [2.45, 2.75) is 18.0 Å². The van der Waals surface area contributed by atoms with E-state index in [4.69, 9.17) is 19.2 Å². The first-order valence-corrected chi connectivity index (χ1v) is 13.8. The van der Waals surface area contributed by atoms with Crippen molar-refractivity contribution < 1.29 is 27.4 Å². The van der Waals surface area contributed by atoms with Crippen LogP contribution in [-0.4, -0.2) is 57.0 Å². The quantitative estimate of drug-likeness (QED) is 0.342. The minimum Gasteiger partial charge on any atom is -0.491 e. The van der Waals surface area contributed by atoms with E-state index in [1.165, 1.54) is 6.07 Å². The van der Waals surface area contributed by atoms with Gasteiger partial charge in [-0.05, 0) is 48.0 Å². The fraction of sp³-hybridized carbons (Fsp3) is 0.250. The molecule has 196 valence electrons. The number of benzene rings is 2. The number of aromatic nitrogens is 2. The summed E-state index contributed by atoms with van der Waals surface area (Å²) >= 11 is 0. The number of fused-ring (bicyclic) bond motifs is 2. The molecule has 0 atom stereocenters. The highest BCUT2D eigenvalue weighted by Gasteiger charge is 2.23. The Bertz CT molecular complexity index is 1590. The molecule has 2 aromatic carbocycles. The second-order valence-corrected chi connectivity index (χ2v) is 10.9. The molecule has 0 bridgehead atoms. The van der Waals surface area contributed by atoms with Gasteiger partial charge >= 0.3 is 0 Å². The third-order valence-corrected chi connectivity index (χ3v) is 7.92. The van der Waals surface area contributed by atoms with Gasteiger partial charge in [-0.15, -0.1) is 0 Å². The lowest BCUT2D eigenvalue weighted by molar-refractivity contribution is 0.0950. The maximum atomic E-state index is 12.8. The van der Waals surface area contributed by atoms with Gasteiger partial charge in [-0.3, -0.25) is 9.78 Å². The van der Waals surface area contributed by atoms with Crippen LogP contribution in [-0.2, 0) is 32.5 Å². The van der Waals surface area contributed by atoms with Gasteiger partial charge in [-0.25, -0.2) is 13.4 Å². The van der Waals surface area contributed by atoms with Crippen LogP contribution < -0.4 is 10.1 Å². The number of hydrogen-bond acceptors (Lipinski definition) is 8. The van der Waals surface area contributed by atoms with Gasteiger partial charge in [-0.1, -0.05) is 18.2 Å². The van der Waals surface area contributed by atoms with Crippen LogP contribution >= 0.6 is 0 Å². The zero-order valence-electron chi connectivity index (χ0n) is 20.8. The molecule has 0 unspecified atom stereocenters. The normalized spacial score (nSPS) is 14.4. The number of hydrogen-bond donors (Lipinski definition) is 1. The molecule has 1 amide bonds. The summed E-state index contributed by atoms with van der Waals surface area (Å²) in [5.41, 5.74) is 3.89. The van der Waals surface area contributed by atoms with Crippen LogP contribution in [0.25, 0.3) is 22.2 Å². The maximum Gasteiger partial charge on any atom is 0.251 e. The van der Waals surface area contributed by atoms with Crippen LogP contribution in [0, 0.1) is 0 Å². The number of methoxy groups -OCH3 is 1. The highest BCUT2D eigenvalue weighted by molar-refractivity contribution is 7.91. The van der Waals surface area contributed by atoms with Gasteiger partial charge < -0.3 is 19.5 Å². The van der Waals surface area contributed by atoms with Crippen LogP contribution in [0.2, 0.25) is 0 Å². The summed E-state index contributed by atoms with van der Waals surface area (Å²) in [6.45, 7) is 1.47. The monoisotopic (exact) mass is 533 g/mol. The lowest BCUT2D eigenvalue weighted by atomic mass is 10.1. The Morgan fingerprint density at radius 1 is 1.08 bits per heavy atom. The van der Waals surface area contributed by atoms with Crippen molar-refractivity contribution in [1.29, 1.82) is 0 Å². The molecule has 0 fully saturated rings. The number of nitrogens with zero attached hydrogens (tertiary/aromatic N) is 2. The van der Waals surface area contributed by atoms with Crippen molar-refractivity contribution in [3.8, 4) is 17.0 Å². The van der Waals surface area contributed by atoms with E-state index in [0.717, 1.165) is 27.9 Å². The largest absolute Gasteiger partial charge is 0.491 e. The van der Waals surface area contributed by atoms with E-state index in [-0.39, 0.29) is 41.9 Å². The van der Waals surface area contributed by atoms with E-state index < -0.39 is 9.84 Å². The summed E-state index contributed by atoms with van der Waals surface area (Å²) in [5.74, 6) is 0.242. The SMILES string of the molecule is COCCOc1cccc(-c2ccc3cnc(CNC(=O)c4ccc5c(c4)S(=O)(=O)CCOC5)cc3n2)c1. The van der Waals surface area contributed by atoms with E-state index in [2.05, 4.69) is 10.3 Å². The van der Waals surface area contributed by atoms with Crippen LogP contribution in [0.3, 0.4) is 0 Å². The molecule has 0 spiro atoms. The Balaban J connectivity index is 1.31. The molecule has 0 radical (unpaired) electrons. The predicted octanol–water partition coefficient (Wildman–Crippen LogP) is 3.56. The van der Waals surface area contributed by atoms with Crippen molar-refractivity contribution >= 4 is 26.6 Å². The van der Waals surface area contributed by atoms with Crippen molar-refractivity contribution in [3.63, 3.8) is 0 Å². The topological polar surface area (TPSA) is 117 Å². The molecule has 1 N–H and O–H groups in total. The molecule has 1 aliphatic heterocycles. The van der Waals surface area contributed by atoms with E-state index in [0.29, 0.717) is 24.5 Å². The lowest BCUT2D eigenvalue weighted by Crippen LogP contribution is -2.23. The fourth-order valence-electron chi connectivity index (χ4n) is 4.14. The van der Waals surface area contributed by atoms with E-state index in [9.17, 15) is 13.2 Å². The standard InChI is InChI=1S/C28H27N3O6S/c1-35-9-10-37-24-4-2-3-19(13-24)25-8-7-21-16-29-23(15-26(21)31-25)17-30-28(32)20-5-6-22-18-36-11-12-38(33,34)27(22)14-20/h2-8,13-16H,9-12,17-18H2,1H3,(H,30,32). The Labute approximate surface area is 220 Å². The number of amides is 1. The highest BCUT2D eigenvalue weighted by Crippen LogP contribution is 2.25. The Morgan fingerprint density at radius 2 is 1.97 bits per heavy atom. The van der Waals surface area contributed by atoms with Crippen molar-refractivity contribution in [2.75, 3.05) is 32.7 Å². The summed E-state index contributed by atoms with van der Waals surface area (Å²) in [6.07, 6.45) is 1.72. The number of carbonyl (C=O) groups excluding carboxylic acids is 1. The molecule has 0 saturated carbocycles. The zero-order chi connectivity index (χ0) is 26.5. The average molecular weight is 534 g/mol. The van der Waals surface area contributed by atoms with Crippen LogP contribution in [0.1, 0.15) is 21.6 Å². The molecular formula is C28H27N3O6S. The smallest absolute Gasteiger partial charge is 0.251 e. The molecule has 9 nitrogen and oxygen atoms in total. The van der Waals surface area contributed by atoms with Gasteiger partial charge in [0.25, 0.3) is 5.91 Å². The Kier molecular flexibility index (Phi) is 7.64. The lowest BCUT2D eigenvalue weighted by Gasteiger charge is -2.10. The second kappa shape index (κ2) is 11.3. The van der Waals surface area contributed by atoms with Gasteiger partial charge in [-0.2, -0.15) is 0 Å². The van der Waals surface area contributed by atoms with E-state index in [1.807, 2.05) is 42.5 Å². The van der Waals surface area contributed by atoms with Crippen molar-refractivity contribution in [1.82, 2.24) is 15.3 Å². The number of ether oxygens (including phenoxy) is 3. The number of rotatable bonds is 8. The summed E-state index contributed by atoms with van der Waals surface area (Å²) in [6, 6.07) is 18.1. The summed E-state index contributed by atoms with van der Waals surface area (Å²) in [5, 5.41) is 3.70. The van der Waals surface area contributed by atoms with Crippen molar-refractivity contribution in [3.05, 3.63) is 83.7 Å². The molecule has 0 saturated heterocycles. The van der Waals surface area contributed by atoms with Gasteiger partial charge in [0.2, 0.25) is 0 Å². The average Bonchev–Trinajstić information content (AvgIpc) is 3.08. The molecular weight excluding hydrogens is 506 g/mol. The molecule has 3 heterocycles. The van der Waals surface area contributed by atoms with Crippen LogP contribution in [0.15, 0.2) is 71.8 Å². The number of pyridine rings is 2. The van der Waals surface area contributed by atoms with Crippen LogP contribution in [0.4, 0.5) is 0 Å². The van der Waals surface area contributed by atoms with Crippen molar-refractivity contribution in [2.24, 2.45) is 0 Å². The Morgan fingerprint density at radius 3 is 2.84 bits per heavy atom. The molecule has 0 aliphatic carbocycles. The summed E-state index contributed by atoms with van der Waals surface area (Å²) in [7, 11) is -1.87. The van der Waals surface area contributed by atoms with Gasteiger partial charge in [0.15, 0.2) is 9.84 Å². The molecule has 4 aromatic rings. The summed E-state index contributed by atoms with van der Waals surface area (Å²) in [4.78, 5) is 22.2. The first-order valence-electron chi connectivity index (χ1n) is 12.1. The highest BCUT2D eigenvalue weighted by atomic mass is 32.2. The fourth-order valence-corrected chi connectivity index (χ4v) is 5.53. The Hall–Kier alpha value is -3.86. The maximum absolute atomic E-state index is 12.8. The molecule has 38 heavy (non-hydrogen) atoms. The second-order valence-electron chi connectivity index (χ2n) is 8.81.